The molecule has 4 heteroatoms. The van der Waals surface area contributed by atoms with Crippen LogP contribution in [0.2, 0.25) is 0 Å². The summed E-state index contributed by atoms with van der Waals surface area (Å²) < 4.78 is 9.81. The first kappa shape index (κ1) is 9.83. The lowest BCUT2D eigenvalue weighted by atomic mass is 10.1. The zero-order valence-electron chi connectivity index (χ0n) is 8.74. The van der Waals surface area contributed by atoms with Crippen LogP contribution < -0.4 is 10.1 Å². The Labute approximate surface area is 88.2 Å². The molecular formula is C11H13NO3. The van der Waals surface area contributed by atoms with E-state index in [2.05, 4.69) is 10.1 Å². The smallest absolute Gasteiger partial charge is 0.328 e. The van der Waals surface area contributed by atoms with Crippen molar-refractivity contribution in [3.8, 4) is 5.75 Å². The first-order chi connectivity index (χ1) is 7.24. The maximum Gasteiger partial charge on any atom is 0.328 e. The van der Waals surface area contributed by atoms with Crippen LogP contribution >= 0.6 is 0 Å². The van der Waals surface area contributed by atoms with E-state index in [4.69, 9.17) is 4.74 Å². The van der Waals surface area contributed by atoms with Crippen LogP contribution in [0.15, 0.2) is 18.2 Å². The molecule has 1 N–H and O–H groups in total. The molecule has 0 radical (unpaired) electrons. The summed E-state index contributed by atoms with van der Waals surface area (Å²) in [6, 6.07) is 5.45. The van der Waals surface area contributed by atoms with Gasteiger partial charge in [0.15, 0.2) is 0 Å². The standard InChI is InChI=1S/C11H13NO3/c1-14-8-3-4-9-7(5-8)6-10(12-9)11(13)15-2/h3-5,10,12H,6H2,1-2H3/t10-/m1/s1. The number of carbonyl (C=O) groups is 1. The van der Waals surface area contributed by atoms with Crippen LogP contribution in [-0.2, 0) is 16.0 Å². The van der Waals surface area contributed by atoms with Gasteiger partial charge in [-0.15, -0.1) is 0 Å². The van der Waals surface area contributed by atoms with E-state index in [1.54, 1.807) is 7.11 Å². The Morgan fingerprint density at radius 2 is 2.27 bits per heavy atom. The van der Waals surface area contributed by atoms with Gasteiger partial charge in [0.05, 0.1) is 14.2 Å². The molecule has 1 aliphatic heterocycles. The minimum absolute atomic E-state index is 0.231. The average Bonchev–Trinajstić information content (AvgIpc) is 2.70. The molecule has 0 spiro atoms. The van der Waals surface area contributed by atoms with E-state index in [1.807, 2.05) is 18.2 Å². The second-order valence-electron chi connectivity index (χ2n) is 3.45. The molecule has 0 amide bonds. The van der Waals surface area contributed by atoms with Gasteiger partial charge in [-0.2, -0.15) is 0 Å². The summed E-state index contributed by atoms with van der Waals surface area (Å²) in [6.07, 6.45) is 0.652. The number of anilines is 1. The third kappa shape index (κ3) is 1.75. The SMILES string of the molecule is COC(=O)[C@H]1Cc2cc(OC)ccc2N1. The van der Waals surface area contributed by atoms with Crippen molar-refractivity contribution in [3.05, 3.63) is 23.8 Å². The van der Waals surface area contributed by atoms with Crippen LogP contribution in [-0.4, -0.2) is 26.2 Å². The van der Waals surface area contributed by atoms with Crippen molar-refractivity contribution in [2.45, 2.75) is 12.5 Å². The highest BCUT2D eigenvalue weighted by atomic mass is 16.5. The van der Waals surface area contributed by atoms with Crippen LogP contribution in [0.5, 0.6) is 5.75 Å². The third-order valence-corrected chi connectivity index (χ3v) is 2.55. The molecule has 1 aromatic carbocycles. The monoisotopic (exact) mass is 207 g/mol. The van der Waals surface area contributed by atoms with Crippen LogP contribution in [0.4, 0.5) is 5.69 Å². The predicted octanol–water partition coefficient (Wildman–Crippen LogP) is 1.20. The van der Waals surface area contributed by atoms with Gasteiger partial charge >= 0.3 is 5.97 Å². The quantitative estimate of drug-likeness (QED) is 0.740. The van der Waals surface area contributed by atoms with Crippen molar-refractivity contribution in [2.24, 2.45) is 0 Å². The van der Waals surface area contributed by atoms with E-state index in [1.165, 1.54) is 7.11 Å². The Hall–Kier alpha value is -1.71. The fourth-order valence-corrected chi connectivity index (χ4v) is 1.75. The molecule has 0 saturated carbocycles. The van der Waals surface area contributed by atoms with Crippen LogP contribution in [0.1, 0.15) is 5.56 Å². The molecule has 1 atom stereocenters. The molecule has 0 saturated heterocycles. The Morgan fingerprint density at radius 1 is 1.47 bits per heavy atom. The van der Waals surface area contributed by atoms with Gasteiger partial charge in [0.1, 0.15) is 11.8 Å². The number of nitrogens with one attached hydrogen (secondary N) is 1. The fraction of sp³-hybridized carbons (Fsp3) is 0.364. The number of methoxy groups -OCH3 is 2. The molecule has 80 valence electrons. The van der Waals surface area contributed by atoms with Crippen molar-refractivity contribution in [1.29, 1.82) is 0 Å². The Morgan fingerprint density at radius 3 is 2.93 bits per heavy atom. The second kappa shape index (κ2) is 3.81. The number of fused-ring (bicyclic) bond motifs is 1. The van der Waals surface area contributed by atoms with E-state index < -0.39 is 0 Å². The maximum atomic E-state index is 11.3. The highest BCUT2D eigenvalue weighted by Gasteiger charge is 2.27. The maximum absolute atomic E-state index is 11.3. The van der Waals surface area contributed by atoms with Crippen LogP contribution in [0.25, 0.3) is 0 Å². The molecular weight excluding hydrogens is 194 g/mol. The molecule has 0 aromatic heterocycles. The van der Waals surface area contributed by atoms with Gasteiger partial charge in [0.25, 0.3) is 0 Å². The molecule has 0 fully saturated rings. The molecule has 15 heavy (non-hydrogen) atoms. The molecule has 0 aliphatic carbocycles. The van der Waals surface area contributed by atoms with E-state index in [0.29, 0.717) is 6.42 Å². The van der Waals surface area contributed by atoms with E-state index in [-0.39, 0.29) is 12.0 Å². The van der Waals surface area contributed by atoms with Crippen molar-refractivity contribution < 1.29 is 14.3 Å². The second-order valence-corrected chi connectivity index (χ2v) is 3.45. The third-order valence-electron chi connectivity index (χ3n) is 2.55. The largest absolute Gasteiger partial charge is 0.497 e. The molecule has 4 nitrogen and oxygen atoms in total. The fourth-order valence-electron chi connectivity index (χ4n) is 1.75. The number of benzene rings is 1. The first-order valence-electron chi connectivity index (χ1n) is 4.76. The Balaban J connectivity index is 2.20. The van der Waals surface area contributed by atoms with Crippen molar-refractivity contribution in [1.82, 2.24) is 0 Å². The molecule has 1 aromatic rings. The summed E-state index contributed by atoms with van der Waals surface area (Å²) in [5.74, 6) is 0.575. The zero-order chi connectivity index (χ0) is 10.8. The summed E-state index contributed by atoms with van der Waals surface area (Å²) in [6.45, 7) is 0. The Kier molecular flexibility index (Phi) is 2.49. The van der Waals surface area contributed by atoms with Gasteiger partial charge in [0.2, 0.25) is 0 Å². The van der Waals surface area contributed by atoms with E-state index in [0.717, 1.165) is 17.0 Å². The predicted molar refractivity (Wildman–Crippen MR) is 56.1 cm³/mol. The van der Waals surface area contributed by atoms with Gasteiger partial charge in [-0.05, 0) is 23.8 Å². The van der Waals surface area contributed by atoms with Gasteiger partial charge < -0.3 is 14.8 Å². The van der Waals surface area contributed by atoms with Crippen LogP contribution in [0, 0.1) is 0 Å². The molecule has 2 rings (SSSR count). The number of hydrogen-bond acceptors (Lipinski definition) is 4. The van der Waals surface area contributed by atoms with Crippen LogP contribution in [0.3, 0.4) is 0 Å². The number of esters is 1. The van der Waals surface area contributed by atoms with Crippen molar-refractivity contribution >= 4 is 11.7 Å². The first-order valence-corrected chi connectivity index (χ1v) is 4.76. The number of carbonyl (C=O) groups excluding carboxylic acids is 1. The van der Waals surface area contributed by atoms with E-state index in [9.17, 15) is 4.79 Å². The molecule has 1 heterocycles. The normalized spacial score (nSPS) is 17.9. The number of hydrogen-bond donors (Lipinski definition) is 1. The average molecular weight is 207 g/mol. The number of rotatable bonds is 2. The van der Waals surface area contributed by atoms with Gasteiger partial charge in [-0.3, -0.25) is 0 Å². The van der Waals surface area contributed by atoms with E-state index >= 15 is 0 Å². The lowest BCUT2D eigenvalue weighted by Crippen LogP contribution is -2.27. The number of ether oxygens (including phenoxy) is 2. The van der Waals surface area contributed by atoms with Gasteiger partial charge in [-0.1, -0.05) is 0 Å². The minimum Gasteiger partial charge on any atom is -0.497 e. The summed E-state index contributed by atoms with van der Waals surface area (Å²) >= 11 is 0. The summed E-state index contributed by atoms with van der Waals surface area (Å²) in [7, 11) is 3.02. The Bertz CT molecular complexity index is 389. The summed E-state index contributed by atoms with van der Waals surface area (Å²) in [5.41, 5.74) is 2.07. The molecule has 0 bridgehead atoms. The van der Waals surface area contributed by atoms with Gasteiger partial charge in [-0.25, -0.2) is 4.79 Å². The lowest BCUT2D eigenvalue weighted by molar-refractivity contribution is -0.141. The lowest BCUT2D eigenvalue weighted by Gasteiger charge is -2.07. The van der Waals surface area contributed by atoms with Crippen molar-refractivity contribution in [2.75, 3.05) is 19.5 Å². The highest BCUT2D eigenvalue weighted by Crippen LogP contribution is 2.29. The minimum atomic E-state index is -0.267. The van der Waals surface area contributed by atoms with Crippen molar-refractivity contribution in [3.63, 3.8) is 0 Å². The highest BCUT2D eigenvalue weighted by molar-refractivity contribution is 5.82. The summed E-state index contributed by atoms with van der Waals surface area (Å²) in [4.78, 5) is 11.3. The zero-order valence-corrected chi connectivity index (χ0v) is 8.74. The molecule has 0 unspecified atom stereocenters. The molecule has 1 aliphatic rings. The summed E-state index contributed by atoms with van der Waals surface area (Å²) in [5, 5.41) is 3.11. The van der Waals surface area contributed by atoms with Gasteiger partial charge in [0, 0.05) is 12.1 Å². The topological polar surface area (TPSA) is 47.6 Å².